The molecule has 120 valence electrons. The summed E-state index contributed by atoms with van der Waals surface area (Å²) in [7, 11) is 0. The lowest BCUT2D eigenvalue weighted by atomic mass is 10.1. The summed E-state index contributed by atoms with van der Waals surface area (Å²) in [5.74, 6) is 0.621. The van der Waals surface area contributed by atoms with Crippen LogP contribution in [-0.2, 0) is 16.0 Å². The van der Waals surface area contributed by atoms with Gasteiger partial charge in [0.1, 0.15) is 5.69 Å². The third kappa shape index (κ3) is 7.34. The van der Waals surface area contributed by atoms with Crippen LogP contribution in [0.15, 0.2) is 6.20 Å². The molecule has 1 heterocycles. The molecule has 0 amide bonds. The summed E-state index contributed by atoms with van der Waals surface area (Å²) in [6, 6.07) is 0. The molecule has 0 radical (unpaired) electrons. The van der Waals surface area contributed by atoms with Crippen molar-refractivity contribution in [1.82, 2.24) is 15.0 Å². The number of hydrogen-bond acceptors (Lipinski definition) is 5. The number of carbonyl (C=O) groups is 1. The normalized spacial score (nSPS) is 11.5. The molecule has 0 aliphatic carbocycles. The number of rotatable bonds is 11. The van der Waals surface area contributed by atoms with Gasteiger partial charge < -0.3 is 9.47 Å². The van der Waals surface area contributed by atoms with Crippen LogP contribution in [0, 0.1) is 11.8 Å². The SMILES string of the molecule is CC(C)CCOCCOCCn1cc(C(=O)C(C)C)nn1. The van der Waals surface area contributed by atoms with Crippen molar-refractivity contribution in [3.8, 4) is 0 Å². The van der Waals surface area contributed by atoms with E-state index in [0.29, 0.717) is 38.0 Å². The first-order chi connectivity index (χ1) is 10.0. The van der Waals surface area contributed by atoms with E-state index in [1.807, 2.05) is 13.8 Å². The third-order valence-corrected chi connectivity index (χ3v) is 2.99. The Hall–Kier alpha value is -1.27. The smallest absolute Gasteiger partial charge is 0.187 e. The Morgan fingerprint density at radius 1 is 1.14 bits per heavy atom. The fourth-order valence-corrected chi connectivity index (χ4v) is 1.62. The Bertz CT molecular complexity index is 416. The second kappa shape index (κ2) is 9.63. The van der Waals surface area contributed by atoms with Gasteiger partial charge in [-0.05, 0) is 12.3 Å². The van der Waals surface area contributed by atoms with Crippen molar-refractivity contribution in [2.75, 3.05) is 26.4 Å². The molecule has 0 unspecified atom stereocenters. The highest BCUT2D eigenvalue weighted by atomic mass is 16.5. The second-order valence-corrected chi connectivity index (χ2v) is 5.79. The molecule has 0 spiro atoms. The van der Waals surface area contributed by atoms with Crippen molar-refractivity contribution in [1.29, 1.82) is 0 Å². The van der Waals surface area contributed by atoms with Gasteiger partial charge in [0.25, 0.3) is 0 Å². The average molecular weight is 297 g/mol. The van der Waals surface area contributed by atoms with E-state index < -0.39 is 0 Å². The maximum atomic E-state index is 11.7. The van der Waals surface area contributed by atoms with Gasteiger partial charge in [-0.3, -0.25) is 4.79 Å². The minimum absolute atomic E-state index is 0.0146. The average Bonchev–Trinajstić information content (AvgIpc) is 2.89. The fraction of sp³-hybridized carbons (Fsp3) is 0.800. The standard InChI is InChI=1S/C15H27N3O3/c1-12(2)5-7-20-9-10-21-8-6-18-11-14(16-17-18)15(19)13(3)4/h11-13H,5-10H2,1-4H3. The molecule has 6 heteroatoms. The second-order valence-electron chi connectivity index (χ2n) is 5.79. The van der Waals surface area contributed by atoms with Crippen LogP contribution in [0.2, 0.25) is 0 Å². The molecule has 1 aromatic heterocycles. The Kier molecular flexibility index (Phi) is 8.15. The highest BCUT2D eigenvalue weighted by Crippen LogP contribution is 2.04. The molecule has 0 atom stereocenters. The van der Waals surface area contributed by atoms with E-state index in [2.05, 4.69) is 24.2 Å². The van der Waals surface area contributed by atoms with E-state index in [-0.39, 0.29) is 11.7 Å². The number of nitrogens with zero attached hydrogens (tertiary/aromatic N) is 3. The summed E-state index contributed by atoms with van der Waals surface area (Å²) >= 11 is 0. The van der Waals surface area contributed by atoms with Crippen LogP contribution in [0.5, 0.6) is 0 Å². The number of ketones is 1. The highest BCUT2D eigenvalue weighted by Gasteiger charge is 2.14. The van der Waals surface area contributed by atoms with Crippen LogP contribution >= 0.6 is 0 Å². The Balaban J connectivity index is 2.09. The highest BCUT2D eigenvalue weighted by molar-refractivity contribution is 5.95. The lowest BCUT2D eigenvalue weighted by molar-refractivity contribution is 0.0404. The maximum Gasteiger partial charge on any atom is 0.187 e. The molecular weight excluding hydrogens is 270 g/mol. The van der Waals surface area contributed by atoms with Crippen molar-refractivity contribution in [2.45, 2.75) is 40.7 Å². The molecule has 0 bridgehead atoms. The molecule has 0 aromatic carbocycles. The summed E-state index contributed by atoms with van der Waals surface area (Å²) < 4.78 is 12.6. The molecule has 6 nitrogen and oxygen atoms in total. The molecule has 0 fully saturated rings. The Labute approximate surface area is 126 Å². The van der Waals surface area contributed by atoms with Gasteiger partial charge in [-0.25, -0.2) is 4.68 Å². The minimum atomic E-state index is -0.0608. The first kappa shape index (κ1) is 17.8. The van der Waals surface area contributed by atoms with Crippen molar-refractivity contribution >= 4 is 5.78 Å². The van der Waals surface area contributed by atoms with Crippen molar-refractivity contribution in [3.05, 3.63) is 11.9 Å². The molecular formula is C15H27N3O3. The monoisotopic (exact) mass is 297 g/mol. The maximum absolute atomic E-state index is 11.7. The molecule has 0 N–H and O–H groups in total. The molecule has 21 heavy (non-hydrogen) atoms. The predicted molar refractivity (Wildman–Crippen MR) is 80.3 cm³/mol. The van der Waals surface area contributed by atoms with Gasteiger partial charge in [0.2, 0.25) is 0 Å². The van der Waals surface area contributed by atoms with E-state index in [1.54, 1.807) is 10.9 Å². The largest absolute Gasteiger partial charge is 0.379 e. The number of Topliss-reactive ketones (excluding diaryl/α,β-unsaturated/α-hetero) is 1. The quantitative estimate of drug-likeness (QED) is 0.463. The molecule has 0 saturated carbocycles. The molecule has 1 rings (SSSR count). The summed E-state index contributed by atoms with van der Waals surface area (Å²) in [6.45, 7) is 11.1. The molecule has 1 aromatic rings. The van der Waals surface area contributed by atoms with Gasteiger partial charge in [-0.1, -0.05) is 32.9 Å². The Morgan fingerprint density at radius 3 is 2.43 bits per heavy atom. The van der Waals surface area contributed by atoms with Crippen LogP contribution in [0.1, 0.15) is 44.6 Å². The summed E-state index contributed by atoms with van der Waals surface area (Å²) in [5, 5.41) is 7.80. The third-order valence-electron chi connectivity index (χ3n) is 2.99. The van der Waals surface area contributed by atoms with E-state index in [0.717, 1.165) is 13.0 Å². The van der Waals surface area contributed by atoms with Crippen LogP contribution in [0.25, 0.3) is 0 Å². The lowest BCUT2D eigenvalue weighted by Crippen LogP contribution is -2.11. The van der Waals surface area contributed by atoms with E-state index in [1.165, 1.54) is 0 Å². The minimum Gasteiger partial charge on any atom is -0.379 e. The van der Waals surface area contributed by atoms with Crippen LogP contribution < -0.4 is 0 Å². The molecule has 0 aliphatic rings. The molecule has 0 aliphatic heterocycles. The fourth-order valence-electron chi connectivity index (χ4n) is 1.62. The Morgan fingerprint density at radius 2 is 1.81 bits per heavy atom. The van der Waals surface area contributed by atoms with Gasteiger partial charge in [0, 0.05) is 12.5 Å². The summed E-state index contributed by atoms with van der Waals surface area (Å²) in [6.07, 6.45) is 2.75. The number of carbonyl (C=O) groups excluding carboxylic acids is 1. The van der Waals surface area contributed by atoms with E-state index >= 15 is 0 Å². The zero-order chi connectivity index (χ0) is 15.7. The summed E-state index contributed by atoms with van der Waals surface area (Å²) in [5.41, 5.74) is 0.419. The number of ether oxygens (including phenoxy) is 2. The van der Waals surface area contributed by atoms with Crippen molar-refractivity contribution in [2.24, 2.45) is 11.8 Å². The number of aromatic nitrogens is 3. The zero-order valence-electron chi connectivity index (χ0n) is 13.5. The van der Waals surface area contributed by atoms with Gasteiger partial charge in [-0.2, -0.15) is 0 Å². The van der Waals surface area contributed by atoms with E-state index in [9.17, 15) is 4.79 Å². The van der Waals surface area contributed by atoms with Gasteiger partial charge in [-0.15, -0.1) is 5.10 Å². The zero-order valence-corrected chi connectivity index (χ0v) is 13.5. The first-order valence-electron chi connectivity index (χ1n) is 7.60. The van der Waals surface area contributed by atoms with Crippen molar-refractivity contribution in [3.63, 3.8) is 0 Å². The van der Waals surface area contributed by atoms with Gasteiger partial charge in [0.05, 0.1) is 32.6 Å². The topological polar surface area (TPSA) is 66.2 Å². The first-order valence-corrected chi connectivity index (χ1v) is 7.60. The predicted octanol–water partition coefficient (Wildman–Crippen LogP) is 2.20. The van der Waals surface area contributed by atoms with E-state index in [4.69, 9.17) is 9.47 Å². The van der Waals surface area contributed by atoms with Crippen LogP contribution in [-0.4, -0.2) is 47.2 Å². The lowest BCUT2D eigenvalue weighted by Gasteiger charge is -2.07. The van der Waals surface area contributed by atoms with Gasteiger partial charge in [0.15, 0.2) is 5.78 Å². The van der Waals surface area contributed by atoms with Crippen LogP contribution in [0.3, 0.4) is 0 Å². The van der Waals surface area contributed by atoms with Crippen molar-refractivity contribution < 1.29 is 14.3 Å². The molecule has 0 saturated heterocycles. The van der Waals surface area contributed by atoms with Gasteiger partial charge >= 0.3 is 0 Å². The number of hydrogen-bond donors (Lipinski definition) is 0. The summed E-state index contributed by atoms with van der Waals surface area (Å²) in [4.78, 5) is 11.7. The van der Waals surface area contributed by atoms with Crippen LogP contribution in [0.4, 0.5) is 0 Å².